The number of hydrogen-bond acceptors (Lipinski definition) is 3. The van der Waals surface area contributed by atoms with Gasteiger partial charge < -0.3 is 14.7 Å². The molecule has 1 heterocycles. The van der Waals surface area contributed by atoms with Crippen LogP contribution in [0, 0.1) is 17.6 Å². The molecule has 1 fully saturated rings. The summed E-state index contributed by atoms with van der Waals surface area (Å²) in [5, 5.41) is 9.91. The summed E-state index contributed by atoms with van der Waals surface area (Å²) in [4.78, 5) is 15.0. The van der Waals surface area contributed by atoms with Crippen LogP contribution < -0.4 is 9.64 Å². The lowest BCUT2D eigenvalue weighted by molar-refractivity contribution is -0.130. The second-order valence-corrected chi connectivity index (χ2v) is 9.21. The van der Waals surface area contributed by atoms with Crippen LogP contribution in [-0.4, -0.2) is 17.6 Å². The molecule has 1 saturated heterocycles. The molecule has 4 aromatic carbocycles. The summed E-state index contributed by atoms with van der Waals surface area (Å²) >= 11 is 0. The molecule has 38 heavy (non-hydrogen) atoms. The number of halogens is 2. The van der Waals surface area contributed by atoms with Gasteiger partial charge in [0.25, 0.3) is 0 Å². The van der Waals surface area contributed by atoms with E-state index in [1.54, 1.807) is 29.2 Å². The SMILES string of the molecule is O=C1[C@H](C/C=C(\CO)c2ccc(F)cc2)[C@@H](c2ccc(OCc3ccccc3)cc2)N1c1ccc(F)cc1. The van der Waals surface area contributed by atoms with E-state index in [9.17, 15) is 18.7 Å². The Bertz CT molecular complexity index is 1400. The van der Waals surface area contributed by atoms with E-state index in [1.807, 2.05) is 60.7 Å². The number of rotatable bonds is 9. The van der Waals surface area contributed by atoms with Crippen molar-refractivity contribution in [1.29, 1.82) is 0 Å². The summed E-state index contributed by atoms with van der Waals surface area (Å²) in [6, 6.07) is 29.0. The Kier molecular flexibility index (Phi) is 7.61. The third-order valence-corrected chi connectivity index (χ3v) is 6.79. The molecule has 0 saturated carbocycles. The zero-order chi connectivity index (χ0) is 26.5. The van der Waals surface area contributed by atoms with Gasteiger partial charge >= 0.3 is 0 Å². The fraction of sp³-hybridized carbons (Fsp3) is 0.156. The Balaban J connectivity index is 1.38. The number of carbonyl (C=O) groups is 1. The molecule has 2 atom stereocenters. The van der Waals surface area contributed by atoms with Gasteiger partial charge in [-0.05, 0) is 77.2 Å². The van der Waals surface area contributed by atoms with E-state index >= 15 is 0 Å². The zero-order valence-electron chi connectivity index (χ0n) is 20.6. The number of carbonyl (C=O) groups excluding carboxylic acids is 1. The smallest absolute Gasteiger partial charge is 0.233 e. The Labute approximate surface area is 220 Å². The second-order valence-electron chi connectivity index (χ2n) is 9.21. The van der Waals surface area contributed by atoms with E-state index in [0.717, 1.165) is 11.1 Å². The first-order chi connectivity index (χ1) is 18.5. The third kappa shape index (κ3) is 5.50. The molecule has 0 aliphatic carbocycles. The number of aliphatic hydroxyl groups is 1. The molecule has 0 radical (unpaired) electrons. The van der Waals surface area contributed by atoms with E-state index in [4.69, 9.17) is 4.74 Å². The summed E-state index contributed by atoms with van der Waals surface area (Å²) in [5.41, 5.74) is 3.93. The average molecular weight is 512 g/mol. The predicted molar refractivity (Wildman–Crippen MR) is 143 cm³/mol. The molecule has 1 amide bonds. The highest BCUT2D eigenvalue weighted by molar-refractivity contribution is 6.03. The molecule has 6 heteroatoms. The van der Waals surface area contributed by atoms with E-state index in [1.165, 1.54) is 24.3 Å². The van der Waals surface area contributed by atoms with Gasteiger partial charge in [0.1, 0.15) is 24.0 Å². The Hall–Kier alpha value is -4.29. The minimum atomic E-state index is -0.377. The van der Waals surface area contributed by atoms with Gasteiger partial charge in [0.2, 0.25) is 5.91 Å². The summed E-state index contributed by atoms with van der Waals surface area (Å²) < 4.78 is 32.8. The average Bonchev–Trinajstić information content (AvgIpc) is 2.95. The lowest BCUT2D eigenvalue weighted by Gasteiger charge is -2.47. The topological polar surface area (TPSA) is 49.8 Å². The van der Waals surface area contributed by atoms with Gasteiger partial charge in [-0.1, -0.05) is 60.7 Å². The summed E-state index contributed by atoms with van der Waals surface area (Å²) in [6.45, 7) is 0.219. The minimum Gasteiger partial charge on any atom is -0.489 e. The fourth-order valence-corrected chi connectivity index (χ4v) is 4.76. The first-order valence-corrected chi connectivity index (χ1v) is 12.4. The number of benzene rings is 4. The quantitative estimate of drug-likeness (QED) is 0.254. The van der Waals surface area contributed by atoms with Crippen molar-refractivity contribution in [3.05, 3.63) is 138 Å². The van der Waals surface area contributed by atoms with Crippen LogP contribution in [0.3, 0.4) is 0 Å². The fourth-order valence-electron chi connectivity index (χ4n) is 4.76. The lowest BCUT2D eigenvalue weighted by atomic mass is 9.79. The first-order valence-electron chi connectivity index (χ1n) is 12.4. The minimum absolute atomic E-state index is 0.0846. The maximum Gasteiger partial charge on any atom is 0.233 e. The highest BCUT2D eigenvalue weighted by atomic mass is 19.1. The van der Waals surface area contributed by atoms with Crippen LogP contribution in [0.25, 0.3) is 5.57 Å². The molecule has 1 aliphatic rings. The van der Waals surface area contributed by atoms with Crippen LogP contribution in [0.4, 0.5) is 14.5 Å². The third-order valence-electron chi connectivity index (χ3n) is 6.79. The standard InChI is InChI=1S/C32H27F2NO3/c33-26-11-6-23(7-12-26)25(20-36)10-19-30-31(35(32(30)37)28-15-13-27(34)14-16-28)24-8-17-29(18-9-24)38-21-22-4-2-1-3-5-22/h1-18,30-31,36H,19-21H2/b25-10+/t30-,31-/m1/s1. The van der Waals surface area contributed by atoms with E-state index in [2.05, 4.69) is 0 Å². The number of aliphatic hydroxyl groups excluding tert-OH is 1. The highest BCUT2D eigenvalue weighted by Crippen LogP contribution is 2.46. The first kappa shape index (κ1) is 25.4. The van der Waals surface area contributed by atoms with Crippen LogP contribution in [0.5, 0.6) is 5.75 Å². The second kappa shape index (κ2) is 11.4. The predicted octanol–water partition coefficient (Wildman–Crippen LogP) is 6.71. The molecule has 1 aliphatic heterocycles. The molecular formula is C32H27F2NO3. The maximum absolute atomic E-state index is 13.6. The number of β-lactam (4-membered cyclic amide) rings is 1. The molecule has 4 aromatic rings. The molecule has 0 spiro atoms. The van der Waals surface area contributed by atoms with Crippen molar-refractivity contribution >= 4 is 17.2 Å². The lowest BCUT2D eigenvalue weighted by Crippen LogP contribution is -2.55. The van der Waals surface area contributed by atoms with Gasteiger partial charge in [0.05, 0.1) is 18.6 Å². The van der Waals surface area contributed by atoms with Crippen molar-refractivity contribution in [3.63, 3.8) is 0 Å². The van der Waals surface area contributed by atoms with Gasteiger partial charge in [-0.3, -0.25) is 4.79 Å². The van der Waals surface area contributed by atoms with Crippen molar-refractivity contribution in [3.8, 4) is 5.75 Å². The van der Waals surface area contributed by atoms with Crippen LogP contribution in [0.2, 0.25) is 0 Å². The number of amides is 1. The molecule has 4 nitrogen and oxygen atoms in total. The van der Waals surface area contributed by atoms with Crippen molar-refractivity contribution < 1.29 is 23.4 Å². The van der Waals surface area contributed by atoms with Crippen LogP contribution >= 0.6 is 0 Å². The van der Waals surface area contributed by atoms with Gasteiger partial charge in [-0.2, -0.15) is 0 Å². The van der Waals surface area contributed by atoms with Gasteiger partial charge in [-0.25, -0.2) is 8.78 Å². The van der Waals surface area contributed by atoms with E-state index in [0.29, 0.717) is 35.6 Å². The number of nitrogens with zero attached hydrogens (tertiary/aromatic N) is 1. The number of hydrogen-bond donors (Lipinski definition) is 1. The van der Waals surface area contributed by atoms with Crippen LogP contribution in [-0.2, 0) is 11.4 Å². The van der Waals surface area contributed by atoms with Gasteiger partial charge in [0, 0.05) is 5.69 Å². The van der Waals surface area contributed by atoms with Crippen molar-refractivity contribution in [1.82, 2.24) is 0 Å². The monoisotopic (exact) mass is 511 g/mol. The molecule has 192 valence electrons. The van der Waals surface area contributed by atoms with E-state index < -0.39 is 0 Å². The van der Waals surface area contributed by atoms with E-state index in [-0.39, 0.29) is 36.1 Å². The largest absolute Gasteiger partial charge is 0.489 e. The summed E-state index contributed by atoms with van der Waals surface area (Å²) in [7, 11) is 0. The number of anilines is 1. The molecule has 0 unspecified atom stereocenters. The summed E-state index contributed by atoms with van der Waals surface area (Å²) in [6.07, 6.45) is 2.23. The Morgan fingerprint density at radius 2 is 1.47 bits per heavy atom. The number of ether oxygens (including phenoxy) is 1. The molecule has 0 bridgehead atoms. The molecular weight excluding hydrogens is 484 g/mol. The normalized spacial score (nSPS) is 17.3. The Morgan fingerprint density at radius 1 is 0.842 bits per heavy atom. The maximum atomic E-state index is 13.6. The van der Waals surface area contributed by atoms with Gasteiger partial charge in [-0.15, -0.1) is 0 Å². The molecule has 0 aromatic heterocycles. The van der Waals surface area contributed by atoms with Crippen molar-refractivity contribution in [2.24, 2.45) is 5.92 Å². The zero-order valence-corrected chi connectivity index (χ0v) is 20.6. The Morgan fingerprint density at radius 3 is 2.11 bits per heavy atom. The molecule has 1 N–H and O–H groups in total. The summed E-state index contributed by atoms with van der Waals surface area (Å²) in [5.74, 6) is -0.473. The molecule has 5 rings (SSSR count). The van der Waals surface area contributed by atoms with Crippen molar-refractivity contribution in [2.45, 2.75) is 19.1 Å². The van der Waals surface area contributed by atoms with Gasteiger partial charge in [0.15, 0.2) is 0 Å². The van der Waals surface area contributed by atoms with Crippen LogP contribution in [0.15, 0.2) is 109 Å². The van der Waals surface area contributed by atoms with Crippen molar-refractivity contribution in [2.75, 3.05) is 11.5 Å². The van der Waals surface area contributed by atoms with Crippen LogP contribution in [0.1, 0.15) is 29.2 Å². The highest BCUT2D eigenvalue weighted by Gasteiger charge is 2.48. The number of allylic oxidation sites excluding steroid dienone is 1.